The molecule has 1 nitrogen and oxygen atoms in total. The fraction of sp³-hybridized carbons (Fsp3) is 0.750. The molecule has 1 aromatic carbocycles. The van der Waals surface area contributed by atoms with Gasteiger partial charge in [0.2, 0.25) is 0 Å². The number of hydrogen-bond acceptors (Lipinski definition) is 1. The summed E-state index contributed by atoms with van der Waals surface area (Å²) in [5, 5.41) is 9.63. The molecule has 0 saturated heterocycles. The van der Waals surface area contributed by atoms with Gasteiger partial charge in [-0.05, 0) is 66.7 Å². The molecule has 0 heterocycles. The van der Waals surface area contributed by atoms with E-state index in [0.717, 1.165) is 17.8 Å². The Morgan fingerprint density at radius 2 is 1.52 bits per heavy atom. The zero-order valence-corrected chi connectivity index (χ0v) is 16.3. The minimum Gasteiger partial charge on any atom is -0.508 e. The van der Waals surface area contributed by atoms with Gasteiger partial charge in [-0.1, -0.05) is 77.2 Å². The SMILES string of the molecule is CCCCCCC1CCC(CCC2CCc3cc(O)ccc3C2)CC1. The average Bonchev–Trinajstić information content (AvgIpc) is 2.64. The van der Waals surface area contributed by atoms with E-state index in [1.165, 1.54) is 101 Å². The molecular weight excluding hydrogens is 304 g/mol. The summed E-state index contributed by atoms with van der Waals surface area (Å²) in [6.07, 6.45) is 19.8. The first-order valence-corrected chi connectivity index (χ1v) is 11.1. The van der Waals surface area contributed by atoms with Crippen LogP contribution in [-0.2, 0) is 12.8 Å². The summed E-state index contributed by atoms with van der Waals surface area (Å²) in [5.74, 6) is 3.36. The van der Waals surface area contributed by atoms with E-state index in [1.807, 2.05) is 12.1 Å². The Balaban J connectivity index is 1.33. The maximum absolute atomic E-state index is 9.63. The van der Waals surface area contributed by atoms with E-state index in [2.05, 4.69) is 13.0 Å². The van der Waals surface area contributed by atoms with Crippen LogP contribution in [0.15, 0.2) is 18.2 Å². The Hall–Kier alpha value is -0.980. The van der Waals surface area contributed by atoms with Crippen molar-refractivity contribution in [2.75, 3.05) is 0 Å². The summed E-state index contributed by atoms with van der Waals surface area (Å²) < 4.78 is 0. The van der Waals surface area contributed by atoms with Gasteiger partial charge in [0, 0.05) is 0 Å². The summed E-state index contributed by atoms with van der Waals surface area (Å²) in [5.41, 5.74) is 2.88. The van der Waals surface area contributed by atoms with Crippen molar-refractivity contribution in [2.24, 2.45) is 17.8 Å². The Labute approximate surface area is 155 Å². The number of phenols is 1. The second-order valence-electron chi connectivity index (χ2n) is 8.88. The second-order valence-corrected chi connectivity index (χ2v) is 8.88. The van der Waals surface area contributed by atoms with Crippen molar-refractivity contribution in [1.82, 2.24) is 0 Å². The highest BCUT2D eigenvalue weighted by molar-refractivity contribution is 5.36. The average molecular weight is 343 g/mol. The molecule has 2 aliphatic rings. The van der Waals surface area contributed by atoms with Gasteiger partial charge in [0.15, 0.2) is 0 Å². The third-order valence-electron chi connectivity index (χ3n) is 6.94. The molecule has 2 aliphatic carbocycles. The molecule has 3 rings (SSSR count). The van der Waals surface area contributed by atoms with Gasteiger partial charge in [-0.25, -0.2) is 0 Å². The van der Waals surface area contributed by atoms with Gasteiger partial charge in [0.05, 0.1) is 0 Å². The number of unbranched alkanes of at least 4 members (excludes halogenated alkanes) is 3. The molecule has 1 N–H and O–H groups in total. The molecule has 1 aromatic rings. The van der Waals surface area contributed by atoms with Gasteiger partial charge >= 0.3 is 0 Å². The highest BCUT2D eigenvalue weighted by atomic mass is 16.3. The van der Waals surface area contributed by atoms with Crippen LogP contribution < -0.4 is 0 Å². The number of benzene rings is 1. The lowest BCUT2D eigenvalue weighted by atomic mass is 9.75. The summed E-state index contributed by atoms with van der Waals surface area (Å²) >= 11 is 0. The third kappa shape index (κ3) is 5.76. The number of aromatic hydroxyl groups is 1. The first-order valence-electron chi connectivity index (χ1n) is 11.1. The lowest BCUT2D eigenvalue weighted by Gasteiger charge is -2.31. The molecule has 140 valence electrons. The quantitative estimate of drug-likeness (QED) is 0.502. The zero-order chi connectivity index (χ0) is 17.5. The summed E-state index contributed by atoms with van der Waals surface area (Å²) in [4.78, 5) is 0. The molecule has 1 atom stereocenters. The fourth-order valence-corrected chi connectivity index (χ4v) is 5.20. The highest BCUT2D eigenvalue weighted by Gasteiger charge is 2.23. The van der Waals surface area contributed by atoms with E-state index in [4.69, 9.17) is 0 Å². The number of fused-ring (bicyclic) bond motifs is 1. The molecule has 0 radical (unpaired) electrons. The van der Waals surface area contributed by atoms with E-state index in [1.54, 1.807) is 0 Å². The number of rotatable bonds is 8. The standard InChI is InChI=1S/C24H38O/c1-2-3-4-5-6-19-7-9-20(10-8-19)11-12-21-13-14-23-18-24(25)16-15-22(23)17-21/h15-16,18-21,25H,2-14,17H2,1H3. The molecule has 0 aromatic heterocycles. The Morgan fingerprint density at radius 3 is 2.28 bits per heavy atom. The van der Waals surface area contributed by atoms with Crippen LogP contribution in [0.4, 0.5) is 0 Å². The van der Waals surface area contributed by atoms with E-state index >= 15 is 0 Å². The summed E-state index contributed by atoms with van der Waals surface area (Å²) in [7, 11) is 0. The summed E-state index contributed by atoms with van der Waals surface area (Å²) in [6.45, 7) is 2.31. The smallest absolute Gasteiger partial charge is 0.115 e. The number of phenolic OH excluding ortho intramolecular Hbond substituents is 1. The molecular formula is C24H38O. The Morgan fingerprint density at radius 1 is 0.800 bits per heavy atom. The van der Waals surface area contributed by atoms with E-state index in [9.17, 15) is 5.11 Å². The lowest BCUT2D eigenvalue weighted by Crippen LogP contribution is -2.18. The van der Waals surface area contributed by atoms with Crippen molar-refractivity contribution in [3.05, 3.63) is 29.3 Å². The third-order valence-corrected chi connectivity index (χ3v) is 6.94. The fourth-order valence-electron chi connectivity index (χ4n) is 5.20. The predicted octanol–water partition coefficient (Wildman–Crippen LogP) is 7.05. The maximum Gasteiger partial charge on any atom is 0.115 e. The molecule has 0 aliphatic heterocycles. The Bertz CT molecular complexity index is 513. The van der Waals surface area contributed by atoms with Crippen molar-refractivity contribution in [3.8, 4) is 5.75 Å². The van der Waals surface area contributed by atoms with E-state index in [-0.39, 0.29) is 0 Å². The Kier molecular flexibility index (Phi) is 7.25. The summed E-state index contributed by atoms with van der Waals surface area (Å²) in [6, 6.07) is 6.00. The predicted molar refractivity (Wildman–Crippen MR) is 107 cm³/mol. The van der Waals surface area contributed by atoms with Crippen LogP contribution in [0.25, 0.3) is 0 Å². The largest absolute Gasteiger partial charge is 0.508 e. The van der Waals surface area contributed by atoms with Crippen LogP contribution in [-0.4, -0.2) is 5.11 Å². The van der Waals surface area contributed by atoms with Crippen molar-refractivity contribution >= 4 is 0 Å². The molecule has 1 saturated carbocycles. The van der Waals surface area contributed by atoms with Crippen LogP contribution in [0, 0.1) is 17.8 Å². The normalized spacial score (nSPS) is 26.4. The zero-order valence-electron chi connectivity index (χ0n) is 16.3. The van der Waals surface area contributed by atoms with Gasteiger partial charge in [0.1, 0.15) is 5.75 Å². The molecule has 25 heavy (non-hydrogen) atoms. The van der Waals surface area contributed by atoms with Crippen molar-refractivity contribution in [3.63, 3.8) is 0 Å². The van der Waals surface area contributed by atoms with Gasteiger partial charge in [-0.2, -0.15) is 0 Å². The van der Waals surface area contributed by atoms with E-state index < -0.39 is 0 Å². The van der Waals surface area contributed by atoms with Crippen LogP contribution in [0.5, 0.6) is 5.75 Å². The molecule has 1 unspecified atom stereocenters. The van der Waals surface area contributed by atoms with Gasteiger partial charge in [0.25, 0.3) is 0 Å². The minimum atomic E-state index is 0.434. The van der Waals surface area contributed by atoms with Gasteiger partial charge in [-0.15, -0.1) is 0 Å². The lowest BCUT2D eigenvalue weighted by molar-refractivity contribution is 0.233. The topological polar surface area (TPSA) is 20.2 Å². The minimum absolute atomic E-state index is 0.434. The van der Waals surface area contributed by atoms with Crippen LogP contribution in [0.1, 0.15) is 95.1 Å². The molecule has 0 bridgehead atoms. The molecule has 0 amide bonds. The first kappa shape index (κ1) is 18.8. The van der Waals surface area contributed by atoms with Crippen molar-refractivity contribution in [1.29, 1.82) is 0 Å². The van der Waals surface area contributed by atoms with Crippen molar-refractivity contribution < 1.29 is 5.11 Å². The van der Waals surface area contributed by atoms with Gasteiger partial charge < -0.3 is 5.11 Å². The second kappa shape index (κ2) is 9.64. The first-order chi connectivity index (χ1) is 12.2. The van der Waals surface area contributed by atoms with Gasteiger partial charge in [-0.3, -0.25) is 0 Å². The van der Waals surface area contributed by atoms with Crippen molar-refractivity contribution in [2.45, 2.75) is 96.8 Å². The number of aryl methyl sites for hydroxylation is 1. The molecule has 1 fully saturated rings. The highest BCUT2D eigenvalue weighted by Crippen LogP contribution is 2.37. The molecule has 1 heteroatoms. The molecule has 0 spiro atoms. The van der Waals surface area contributed by atoms with Crippen LogP contribution >= 0.6 is 0 Å². The maximum atomic E-state index is 9.63. The van der Waals surface area contributed by atoms with Crippen LogP contribution in [0.3, 0.4) is 0 Å². The van der Waals surface area contributed by atoms with Crippen LogP contribution in [0.2, 0.25) is 0 Å². The number of hydrogen-bond donors (Lipinski definition) is 1. The monoisotopic (exact) mass is 342 g/mol. The van der Waals surface area contributed by atoms with E-state index in [0.29, 0.717) is 5.75 Å².